The van der Waals surface area contributed by atoms with Gasteiger partial charge in [-0.05, 0) is 98.5 Å². The standard InChI is InChI=1S/C27H31FN2O2/c28-24-5-1-3-20(15-24)10-14-29-12-8-19(9-13-29)6-7-25(31)22-16-21-4-2-11-30-26(32)18-23(17-22)27(21)30/h1,3,5,15-17,19H,2,4,6-14,18H2. The van der Waals surface area contributed by atoms with Gasteiger partial charge in [0.05, 0.1) is 12.1 Å². The number of benzene rings is 2. The summed E-state index contributed by atoms with van der Waals surface area (Å²) in [6.45, 7) is 3.88. The molecule has 168 valence electrons. The van der Waals surface area contributed by atoms with Crippen LogP contribution in [0.2, 0.25) is 0 Å². The molecule has 0 radical (unpaired) electrons. The van der Waals surface area contributed by atoms with Gasteiger partial charge >= 0.3 is 0 Å². The molecule has 0 unspecified atom stereocenters. The number of hydrogen-bond acceptors (Lipinski definition) is 3. The van der Waals surface area contributed by atoms with E-state index in [9.17, 15) is 14.0 Å². The van der Waals surface area contributed by atoms with Crippen LogP contribution in [0.5, 0.6) is 0 Å². The summed E-state index contributed by atoms with van der Waals surface area (Å²) in [5.74, 6) is 0.820. The first-order valence-corrected chi connectivity index (χ1v) is 12.0. The minimum atomic E-state index is -0.164. The third-order valence-electron chi connectivity index (χ3n) is 7.42. The summed E-state index contributed by atoms with van der Waals surface area (Å²) < 4.78 is 13.3. The summed E-state index contributed by atoms with van der Waals surface area (Å²) in [6.07, 6.45) is 7.02. The first-order valence-electron chi connectivity index (χ1n) is 12.0. The van der Waals surface area contributed by atoms with Gasteiger partial charge in [0.25, 0.3) is 0 Å². The summed E-state index contributed by atoms with van der Waals surface area (Å²) in [4.78, 5) is 29.6. The number of nitrogens with zero attached hydrogens (tertiary/aromatic N) is 2. The predicted molar refractivity (Wildman–Crippen MR) is 124 cm³/mol. The Morgan fingerprint density at radius 2 is 1.88 bits per heavy atom. The highest BCUT2D eigenvalue weighted by molar-refractivity contribution is 6.05. The zero-order chi connectivity index (χ0) is 22.1. The van der Waals surface area contributed by atoms with Crippen LogP contribution in [0.15, 0.2) is 36.4 Å². The minimum Gasteiger partial charge on any atom is -0.312 e. The van der Waals surface area contributed by atoms with E-state index in [-0.39, 0.29) is 17.5 Å². The highest BCUT2D eigenvalue weighted by Gasteiger charge is 2.33. The molecule has 32 heavy (non-hydrogen) atoms. The van der Waals surface area contributed by atoms with Crippen molar-refractivity contribution in [2.24, 2.45) is 5.92 Å². The quantitative estimate of drug-likeness (QED) is 0.599. The molecular weight excluding hydrogens is 403 g/mol. The number of hydrogen-bond donors (Lipinski definition) is 0. The second-order valence-electron chi connectivity index (χ2n) is 9.60. The number of carbonyl (C=O) groups is 2. The Bertz CT molecular complexity index is 1030. The molecule has 3 aliphatic rings. The van der Waals surface area contributed by atoms with Crippen LogP contribution in [0, 0.1) is 11.7 Å². The first-order chi connectivity index (χ1) is 15.6. The molecule has 2 aromatic rings. The van der Waals surface area contributed by atoms with Crippen LogP contribution in [0.25, 0.3) is 0 Å². The molecule has 1 amide bonds. The number of Topliss-reactive ketones (excluding diaryl/α,β-unsaturated/α-hetero) is 1. The molecule has 1 fully saturated rings. The van der Waals surface area contributed by atoms with Crippen molar-refractivity contribution < 1.29 is 14.0 Å². The van der Waals surface area contributed by atoms with Crippen molar-refractivity contribution in [1.29, 1.82) is 0 Å². The van der Waals surface area contributed by atoms with Crippen molar-refractivity contribution in [3.8, 4) is 0 Å². The monoisotopic (exact) mass is 434 g/mol. The third-order valence-corrected chi connectivity index (χ3v) is 7.42. The fourth-order valence-corrected chi connectivity index (χ4v) is 5.60. The predicted octanol–water partition coefficient (Wildman–Crippen LogP) is 4.58. The van der Waals surface area contributed by atoms with Crippen LogP contribution in [-0.2, 0) is 24.1 Å². The zero-order valence-corrected chi connectivity index (χ0v) is 18.6. The van der Waals surface area contributed by atoms with E-state index >= 15 is 0 Å². The maximum absolute atomic E-state index is 13.3. The molecule has 0 atom stereocenters. The summed E-state index contributed by atoms with van der Waals surface area (Å²) in [6, 6.07) is 10.9. The third kappa shape index (κ3) is 4.49. The zero-order valence-electron chi connectivity index (χ0n) is 18.6. The Hall–Kier alpha value is -2.53. The number of rotatable bonds is 7. The van der Waals surface area contributed by atoms with Crippen molar-refractivity contribution in [2.45, 2.75) is 51.4 Å². The van der Waals surface area contributed by atoms with Crippen molar-refractivity contribution in [1.82, 2.24) is 4.90 Å². The van der Waals surface area contributed by atoms with Crippen LogP contribution >= 0.6 is 0 Å². The van der Waals surface area contributed by atoms with E-state index in [0.717, 1.165) is 87.1 Å². The van der Waals surface area contributed by atoms with Crippen LogP contribution < -0.4 is 4.90 Å². The maximum atomic E-state index is 13.3. The Balaban J connectivity index is 1.10. The van der Waals surface area contributed by atoms with E-state index in [1.165, 1.54) is 11.6 Å². The van der Waals surface area contributed by atoms with Crippen LogP contribution in [0.4, 0.5) is 10.1 Å². The van der Waals surface area contributed by atoms with Crippen LogP contribution in [0.1, 0.15) is 59.2 Å². The number of anilines is 1. The number of amides is 1. The summed E-state index contributed by atoms with van der Waals surface area (Å²) in [7, 11) is 0. The van der Waals surface area contributed by atoms with Crippen LogP contribution in [-0.4, -0.2) is 42.8 Å². The molecule has 5 heteroatoms. The lowest BCUT2D eigenvalue weighted by molar-refractivity contribution is -0.117. The normalized spacial score (nSPS) is 18.8. The van der Waals surface area contributed by atoms with E-state index in [0.29, 0.717) is 18.8 Å². The molecule has 0 spiro atoms. The molecule has 0 N–H and O–H groups in total. The van der Waals surface area contributed by atoms with Gasteiger partial charge in [0.2, 0.25) is 5.91 Å². The van der Waals surface area contributed by atoms with E-state index < -0.39 is 0 Å². The smallest absolute Gasteiger partial charge is 0.231 e. The van der Waals surface area contributed by atoms with Crippen LogP contribution in [0.3, 0.4) is 0 Å². The van der Waals surface area contributed by atoms with Gasteiger partial charge in [-0.1, -0.05) is 12.1 Å². The van der Waals surface area contributed by atoms with Gasteiger partial charge < -0.3 is 9.80 Å². The van der Waals surface area contributed by atoms with E-state index in [4.69, 9.17) is 0 Å². The molecule has 5 rings (SSSR count). The molecule has 0 bridgehead atoms. The number of carbonyl (C=O) groups excluding carboxylic acids is 2. The van der Waals surface area contributed by atoms with Gasteiger partial charge in [-0.2, -0.15) is 0 Å². The van der Waals surface area contributed by atoms with Crippen molar-refractivity contribution in [2.75, 3.05) is 31.1 Å². The lowest BCUT2D eigenvalue weighted by atomic mass is 9.89. The molecule has 4 nitrogen and oxygen atoms in total. The largest absolute Gasteiger partial charge is 0.312 e. The average molecular weight is 435 g/mol. The second-order valence-corrected chi connectivity index (χ2v) is 9.60. The lowest BCUT2D eigenvalue weighted by Gasteiger charge is -2.32. The maximum Gasteiger partial charge on any atom is 0.231 e. The van der Waals surface area contributed by atoms with Gasteiger partial charge in [0.1, 0.15) is 5.82 Å². The lowest BCUT2D eigenvalue weighted by Crippen LogP contribution is -2.35. The Morgan fingerprint density at radius 1 is 1.06 bits per heavy atom. The van der Waals surface area contributed by atoms with Crippen molar-refractivity contribution >= 4 is 17.4 Å². The molecule has 0 aromatic heterocycles. The highest BCUT2D eigenvalue weighted by Crippen LogP contribution is 2.38. The molecular formula is C27H31FN2O2. The highest BCUT2D eigenvalue weighted by atomic mass is 19.1. The number of piperidine rings is 1. The van der Waals surface area contributed by atoms with E-state index in [2.05, 4.69) is 4.90 Å². The summed E-state index contributed by atoms with van der Waals surface area (Å²) in [5, 5.41) is 0. The number of ketones is 1. The number of halogens is 1. The van der Waals surface area contributed by atoms with Gasteiger partial charge in [0.15, 0.2) is 5.78 Å². The van der Waals surface area contributed by atoms with Gasteiger partial charge in [-0.15, -0.1) is 0 Å². The molecule has 3 aliphatic heterocycles. The molecule has 2 aromatic carbocycles. The Labute approximate surface area is 189 Å². The average Bonchev–Trinajstić information content (AvgIpc) is 3.13. The van der Waals surface area contributed by atoms with E-state index in [1.807, 2.05) is 23.1 Å². The number of aryl methyl sites for hydroxylation is 1. The van der Waals surface area contributed by atoms with Crippen molar-refractivity contribution in [3.05, 3.63) is 64.5 Å². The van der Waals surface area contributed by atoms with Crippen molar-refractivity contribution in [3.63, 3.8) is 0 Å². The summed E-state index contributed by atoms with van der Waals surface area (Å²) >= 11 is 0. The minimum absolute atomic E-state index is 0.164. The SMILES string of the molecule is O=C(CCC1CCN(CCc2cccc(F)c2)CC1)c1cc2c3c(c1)CC(=O)N3CCC2. The summed E-state index contributed by atoms with van der Waals surface area (Å²) in [5.41, 5.74) is 5.15. The Kier molecular flexibility index (Phi) is 6.09. The van der Waals surface area contributed by atoms with Gasteiger partial charge in [0, 0.05) is 25.1 Å². The Morgan fingerprint density at radius 3 is 2.69 bits per heavy atom. The molecule has 0 aliphatic carbocycles. The molecule has 3 heterocycles. The second kappa shape index (κ2) is 9.14. The first kappa shape index (κ1) is 21.3. The number of likely N-dealkylation sites (tertiary alicyclic amines) is 1. The van der Waals surface area contributed by atoms with Gasteiger partial charge in [-0.3, -0.25) is 9.59 Å². The fourth-order valence-electron chi connectivity index (χ4n) is 5.60. The topological polar surface area (TPSA) is 40.6 Å². The fraction of sp³-hybridized carbons (Fsp3) is 0.481. The van der Waals surface area contributed by atoms with Gasteiger partial charge in [-0.25, -0.2) is 4.39 Å². The molecule has 0 saturated carbocycles. The molecule has 1 saturated heterocycles. The van der Waals surface area contributed by atoms with E-state index in [1.54, 1.807) is 12.1 Å².